The lowest BCUT2D eigenvalue weighted by molar-refractivity contribution is -0.145. The number of rotatable bonds is 33. The number of carbonyl (C=O) groups is 7. The molecule has 3 heterocycles. The Kier molecular flexibility index (Phi) is 28.3. The molecule has 0 unspecified atom stereocenters. The van der Waals surface area contributed by atoms with E-state index in [2.05, 4.69) is 20.8 Å². The molecular weight excluding hydrogens is 1090 g/mol. The van der Waals surface area contributed by atoms with Gasteiger partial charge in [0.05, 0.1) is 84.5 Å². The maximum Gasteiger partial charge on any atom is 0.320 e. The van der Waals surface area contributed by atoms with Crippen LogP contribution in [0.2, 0.25) is 0 Å². The average Bonchev–Trinajstić information content (AvgIpc) is 3.17. The number of carboxylic acid groups (broad SMARTS) is 4. The van der Waals surface area contributed by atoms with Crippen molar-refractivity contribution >= 4 is 41.6 Å². The molecule has 2 aromatic carbocycles. The SMILES string of the molecule is CCNC(=O)c1nnc(-c2cc(C(C)C)c(O)cc2O)n1-c1ccc(OC2CCN(C(=O)CCOCCOCCOCCOCCNC(=O)CC[C@@H](C(=O)O)N3CCN(CC(=O)O)CCN(CC(=O)O)CCN(CC(=O)O)CC3)CC2)cc1. The molecule has 28 nitrogen and oxygen atoms in total. The van der Waals surface area contributed by atoms with Gasteiger partial charge in [0, 0.05) is 110 Å². The summed E-state index contributed by atoms with van der Waals surface area (Å²) in [7, 11) is 0. The second kappa shape index (κ2) is 35.2. The summed E-state index contributed by atoms with van der Waals surface area (Å²) in [4.78, 5) is 94.2. The Labute approximate surface area is 482 Å². The number of nitrogens with zero attached hydrogens (tertiary/aromatic N) is 8. The van der Waals surface area contributed by atoms with Gasteiger partial charge in [-0.1, -0.05) is 13.8 Å². The number of hydrogen-bond acceptors (Lipinski definition) is 20. The number of carbonyl (C=O) groups excluding carboxylic acids is 3. The van der Waals surface area contributed by atoms with E-state index in [4.69, 9.17) is 23.7 Å². The highest BCUT2D eigenvalue weighted by Gasteiger charge is 2.30. The maximum absolute atomic E-state index is 13.1. The number of aromatic hydroxyl groups is 2. The minimum absolute atomic E-state index is 0.0127. The highest BCUT2D eigenvalue weighted by Crippen LogP contribution is 2.38. The van der Waals surface area contributed by atoms with E-state index >= 15 is 0 Å². The molecule has 1 aromatic heterocycles. The van der Waals surface area contributed by atoms with Crippen LogP contribution >= 0.6 is 0 Å². The van der Waals surface area contributed by atoms with Gasteiger partial charge in [-0.25, -0.2) is 0 Å². The molecule has 3 amide bonds. The summed E-state index contributed by atoms with van der Waals surface area (Å²) >= 11 is 0. The van der Waals surface area contributed by atoms with Gasteiger partial charge in [-0.15, -0.1) is 10.2 Å². The van der Waals surface area contributed by atoms with Crippen molar-refractivity contribution in [2.45, 2.75) is 70.9 Å². The van der Waals surface area contributed by atoms with E-state index in [1.165, 1.54) is 6.07 Å². The molecule has 28 heteroatoms. The van der Waals surface area contributed by atoms with Gasteiger partial charge in [0.25, 0.3) is 5.91 Å². The topological polar surface area (TPSA) is 358 Å². The first-order chi connectivity index (χ1) is 39.8. The smallest absolute Gasteiger partial charge is 0.320 e. The number of hydrogen-bond donors (Lipinski definition) is 8. The monoisotopic (exact) mass is 1170 g/mol. The van der Waals surface area contributed by atoms with E-state index in [1.807, 2.05) is 13.8 Å². The molecular formula is C55H82N10O18. The van der Waals surface area contributed by atoms with Crippen LogP contribution in [0.25, 0.3) is 17.1 Å². The van der Waals surface area contributed by atoms with Crippen molar-refractivity contribution in [3.63, 3.8) is 0 Å². The number of ether oxygens (including phenoxy) is 5. The summed E-state index contributed by atoms with van der Waals surface area (Å²) in [5, 5.41) is 73.8. The van der Waals surface area contributed by atoms with Crippen LogP contribution in [0.1, 0.15) is 75.0 Å². The summed E-state index contributed by atoms with van der Waals surface area (Å²) < 4.78 is 30.1. The zero-order valence-electron chi connectivity index (χ0n) is 47.7. The minimum Gasteiger partial charge on any atom is -0.508 e. The Balaban J connectivity index is 0.907. The molecule has 2 aliphatic rings. The van der Waals surface area contributed by atoms with Crippen molar-refractivity contribution in [3.05, 3.63) is 47.8 Å². The molecule has 8 N–H and O–H groups in total. The Morgan fingerprint density at radius 2 is 1.14 bits per heavy atom. The normalized spacial score (nSPS) is 16.0. The fourth-order valence-corrected chi connectivity index (χ4v) is 9.49. The third kappa shape index (κ3) is 22.9. The fraction of sp³-hybridized carbons (Fsp3) is 0.618. The molecule has 0 bridgehead atoms. The van der Waals surface area contributed by atoms with Crippen molar-refractivity contribution in [1.29, 1.82) is 0 Å². The predicted molar refractivity (Wildman–Crippen MR) is 298 cm³/mol. The predicted octanol–water partition coefficient (Wildman–Crippen LogP) is 0.870. The van der Waals surface area contributed by atoms with Crippen molar-refractivity contribution in [2.75, 3.05) is 151 Å². The number of carboxylic acids is 4. The van der Waals surface area contributed by atoms with E-state index in [9.17, 15) is 64.2 Å². The summed E-state index contributed by atoms with van der Waals surface area (Å²) in [6, 6.07) is 8.88. The molecule has 2 fully saturated rings. The Hall–Kier alpha value is -7.05. The Bertz CT molecular complexity index is 2530. The van der Waals surface area contributed by atoms with Crippen molar-refractivity contribution in [2.24, 2.45) is 0 Å². The maximum atomic E-state index is 13.1. The summed E-state index contributed by atoms with van der Waals surface area (Å²) in [5.74, 6) is -4.79. The minimum atomic E-state index is -1.19. The lowest BCUT2D eigenvalue weighted by Crippen LogP contribution is -2.52. The zero-order valence-corrected chi connectivity index (χ0v) is 47.7. The molecule has 1 atom stereocenters. The molecule has 3 aromatic rings. The van der Waals surface area contributed by atoms with Crippen LogP contribution in [0.4, 0.5) is 0 Å². The molecule has 460 valence electrons. The molecule has 2 aliphatic heterocycles. The first-order valence-corrected chi connectivity index (χ1v) is 28.0. The summed E-state index contributed by atoms with van der Waals surface area (Å²) in [6.45, 7) is 9.67. The number of amides is 3. The number of likely N-dealkylation sites (tertiary alicyclic amines) is 1. The quantitative estimate of drug-likeness (QED) is 0.0392. The molecule has 0 radical (unpaired) electrons. The van der Waals surface area contributed by atoms with E-state index in [0.29, 0.717) is 81.5 Å². The lowest BCUT2D eigenvalue weighted by atomic mass is 9.98. The van der Waals surface area contributed by atoms with Crippen molar-refractivity contribution in [1.82, 2.24) is 49.9 Å². The molecule has 5 rings (SSSR count). The van der Waals surface area contributed by atoms with Crippen LogP contribution in [0.15, 0.2) is 36.4 Å². The largest absolute Gasteiger partial charge is 0.508 e. The highest BCUT2D eigenvalue weighted by atomic mass is 16.6. The summed E-state index contributed by atoms with van der Waals surface area (Å²) in [5.41, 5.74) is 1.46. The van der Waals surface area contributed by atoms with Crippen LogP contribution < -0.4 is 15.4 Å². The van der Waals surface area contributed by atoms with E-state index in [1.54, 1.807) is 66.3 Å². The molecule has 0 saturated carbocycles. The van der Waals surface area contributed by atoms with Gasteiger partial charge in [0.15, 0.2) is 5.82 Å². The van der Waals surface area contributed by atoms with Crippen LogP contribution in [-0.4, -0.2) is 275 Å². The average molecular weight is 1170 g/mol. The second-order valence-electron chi connectivity index (χ2n) is 20.3. The fourth-order valence-electron chi connectivity index (χ4n) is 9.49. The zero-order chi connectivity index (χ0) is 60.3. The van der Waals surface area contributed by atoms with Crippen LogP contribution in [0.5, 0.6) is 17.2 Å². The number of benzene rings is 2. The van der Waals surface area contributed by atoms with E-state index in [0.717, 1.165) is 0 Å². The van der Waals surface area contributed by atoms with Crippen LogP contribution in [0, 0.1) is 0 Å². The first kappa shape index (κ1) is 66.7. The van der Waals surface area contributed by atoms with Crippen molar-refractivity contribution < 1.29 is 87.9 Å². The van der Waals surface area contributed by atoms with Gasteiger partial charge < -0.3 is 69.9 Å². The third-order valence-corrected chi connectivity index (χ3v) is 13.9. The third-order valence-electron chi connectivity index (χ3n) is 13.9. The van der Waals surface area contributed by atoms with E-state index in [-0.39, 0.29) is 165 Å². The Morgan fingerprint density at radius 3 is 1.65 bits per heavy atom. The molecule has 0 aliphatic carbocycles. The second-order valence-corrected chi connectivity index (χ2v) is 20.3. The van der Waals surface area contributed by atoms with Crippen LogP contribution in [-0.2, 0) is 47.7 Å². The van der Waals surface area contributed by atoms with E-state index < -0.39 is 41.7 Å². The number of aromatic nitrogens is 3. The number of piperidine rings is 1. The van der Waals surface area contributed by atoms with Gasteiger partial charge in [0.1, 0.15) is 29.4 Å². The first-order valence-electron chi connectivity index (χ1n) is 28.0. The number of phenolic OH excluding ortho intramolecular Hbond substituents is 2. The van der Waals surface area contributed by atoms with Crippen LogP contribution in [0.3, 0.4) is 0 Å². The highest BCUT2D eigenvalue weighted by molar-refractivity contribution is 5.92. The lowest BCUT2D eigenvalue weighted by Gasteiger charge is -2.35. The standard InChI is InChI=1S/C55H82N10O18/c1-4-56-54(76)53-59-58-52(43-33-42(38(2)3)45(66)34-46(43)67)65(53)39-5-7-40(8-6-39)83-41-11-15-64(16-12-41)48(69)13-25-79-27-29-81-31-32-82-30-28-80-26-14-57-47(68)10-9-44(55(77)78)63-23-21-61(36-50(72)73)19-17-60(35-49(70)71)18-20-62(22-24-63)37-51(74)75/h5-8,33-34,38,41,44,66-67H,4,9-32,35-37H2,1-3H3,(H,56,76)(H,57,68)(H,70,71)(H,72,73)(H,74,75)(H,77,78)/t44-/m0/s1. The molecule has 2 saturated heterocycles. The van der Waals surface area contributed by atoms with Crippen molar-refractivity contribution in [3.8, 4) is 34.3 Å². The number of phenols is 2. The molecule has 83 heavy (non-hydrogen) atoms. The van der Waals surface area contributed by atoms with Gasteiger partial charge in [-0.3, -0.25) is 57.7 Å². The summed E-state index contributed by atoms with van der Waals surface area (Å²) in [6.07, 6.45) is 1.18. The number of aliphatic carboxylic acids is 4. The number of nitrogens with one attached hydrogen (secondary N) is 2. The van der Waals surface area contributed by atoms with Gasteiger partial charge in [-0.05, 0) is 55.2 Å². The molecule has 0 spiro atoms. The van der Waals surface area contributed by atoms with Gasteiger partial charge >= 0.3 is 23.9 Å². The van der Waals surface area contributed by atoms with Gasteiger partial charge in [0.2, 0.25) is 17.6 Å². The Morgan fingerprint density at radius 1 is 0.627 bits per heavy atom. The van der Waals surface area contributed by atoms with Gasteiger partial charge in [-0.2, -0.15) is 0 Å².